The Morgan fingerprint density at radius 2 is 0.917 bits per heavy atom. The van der Waals surface area contributed by atoms with Crippen LogP contribution in [0.5, 0.6) is 0 Å². The molecule has 60 heavy (non-hydrogen) atoms. The lowest BCUT2D eigenvalue weighted by molar-refractivity contribution is 0.384. The summed E-state index contributed by atoms with van der Waals surface area (Å²) in [6.07, 6.45) is 0. The first-order valence-corrected chi connectivity index (χ1v) is 23.9. The van der Waals surface area contributed by atoms with Gasteiger partial charge in [0, 0.05) is 80.3 Å². The third-order valence-corrected chi connectivity index (χ3v) is 16.5. The maximum absolute atomic E-state index is 13.5. The van der Waals surface area contributed by atoms with E-state index >= 15 is 0 Å². The molecule has 0 aliphatic carbocycles. The van der Waals surface area contributed by atoms with Crippen LogP contribution in [0.3, 0.4) is 0 Å². The lowest BCUT2D eigenvalue weighted by Gasteiger charge is -2.33. The molecule has 8 rings (SSSR count). The smallest absolute Gasteiger partial charge is 0.243 e. The maximum Gasteiger partial charge on any atom is 0.243 e. The molecule has 0 bridgehead atoms. The van der Waals surface area contributed by atoms with Crippen LogP contribution in [-0.2, 0) is 20.0 Å². The van der Waals surface area contributed by atoms with Gasteiger partial charge in [0.25, 0.3) is 0 Å². The largest absolute Gasteiger partial charge is 0.345 e. The summed E-state index contributed by atoms with van der Waals surface area (Å²) in [6.45, 7) is 2.87. The van der Waals surface area contributed by atoms with Crippen LogP contribution in [0, 0.1) is 23.3 Å². The molecule has 2 aromatic heterocycles. The van der Waals surface area contributed by atoms with E-state index in [9.17, 15) is 34.4 Å². The normalized spacial score (nSPS) is 15.5. The Labute approximate surface area is 371 Å². The van der Waals surface area contributed by atoms with Gasteiger partial charge in [-0.15, -0.1) is 22.7 Å². The second-order valence-corrected chi connectivity index (χ2v) is 20.4. The zero-order chi connectivity index (χ0) is 42.9. The van der Waals surface area contributed by atoms with E-state index in [1.165, 1.54) is 85.9 Å². The Morgan fingerprint density at radius 1 is 0.483 bits per heavy atom. The van der Waals surface area contributed by atoms with E-state index in [0.29, 0.717) is 64.0 Å². The number of thiazole rings is 2. The first kappa shape index (κ1) is 44.5. The van der Waals surface area contributed by atoms with Gasteiger partial charge in [0.15, 0.2) is 21.9 Å². The highest BCUT2D eigenvalue weighted by Crippen LogP contribution is 2.33. The molecule has 0 radical (unpaired) electrons. The first-order valence-electron chi connectivity index (χ1n) is 17.7. The molecule has 4 aromatic carbocycles. The summed E-state index contributed by atoms with van der Waals surface area (Å²) >= 11 is 26.4. The lowest BCUT2D eigenvalue weighted by atomic mass is 10.1. The number of benzene rings is 4. The number of hydrogen-bond donors (Lipinski definition) is 0. The summed E-state index contributed by atoms with van der Waals surface area (Å²) in [6, 6.07) is 15.4. The minimum Gasteiger partial charge on any atom is -0.345 e. The van der Waals surface area contributed by atoms with Crippen molar-refractivity contribution in [1.82, 2.24) is 18.6 Å². The zero-order valence-corrected chi connectivity index (χ0v) is 37.0. The van der Waals surface area contributed by atoms with Crippen molar-refractivity contribution in [1.29, 1.82) is 0 Å². The van der Waals surface area contributed by atoms with Crippen molar-refractivity contribution in [2.75, 3.05) is 62.2 Å². The number of sulfonamides is 2. The number of rotatable bonds is 8. The van der Waals surface area contributed by atoms with Crippen molar-refractivity contribution in [2.24, 2.45) is 0 Å². The molecule has 0 N–H and O–H groups in total. The fourth-order valence-electron chi connectivity index (χ4n) is 6.25. The van der Waals surface area contributed by atoms with Crippen LogP contribution in [0.25, 0.3) is 22.5 Å². The summed E-state index contributed by atoms with van der Waals surface area (Å²) in [5.74, 6) is -3.17. The van der Waals surface area contributed by atoms with Crippen LogP contribution in [0.2, 0.25) is 20.1 Å². The molecule has 10 nitrogen and oxygen atoms in total. The average Bonchev–Trinajstić information content (AvgIpc) is 3.93. The highest BCUT2D eigenvalue weighted by Gasteiger charge is 2.31. The van der Waals surface area contributed by atoms with Crippen molar-refractivity contribution >= 4 is 99.4 Å². The average molecular weight is 981 g/mol. The van der Waals surface area contributed by atoms with Gasteiger partial charge in [0.1, 0.15) is 11.6 Å². The monoisotopic (exact) mass is 978 g/mol. The zero-order valence-electron chi connectivity index (χ0n) is 30.7. The summed E-state index contributed by atoms with van der Waals surface area (Å²) in [5, 5.41) is 5.80. The predicted octanol–water partition coefficient (Wildman–Crippen LogP) is 9.81. The summed E-state index contributed by atoms with van der Waals surface area (Å²) in [4.78, 5) is 13.1. The van der Waals surface area contributed by atoms with Gasteiger partial charge in [-0.05, 0) is 66.7 Å². The minimum absolute atomic E-state index is 0.0926. The Morgan fingerprint density at radius 3 is 1.33 bits per heavy atom. The first-order chi connectivity index (χ1) is 28.5. The molecule has 4 heterocycles. The van der Waals surface area contributed by atoms with E-state index in [-0.39, 0.29) is 51.0 Å². The van der Waals surface area contributed by atoms with E-state index < -0.39 is 43.3 Å². The van der Waals surface area contributed by atoms with E-state index in [4.69, 9.17) is 46.4 Å². The fourth-order valence-corrected chi connectivity index (χ4v) is 11.7. The third kappa shape index (κ3) is 9.88. The molecule has 2 aliphatic rings. The third-order valence-electron chi connectivity index (χ3n) is 9.43. The molecular weight excluding hydrogens is 951 g/mol. The number of hydrogen-bond acceptors (Lipinski definition) is 10. The topological polar surface area (TPSA) is 107 Å². The van der Waals surface area contributed by atoms with E-state index in [0.717, 1.165) is 18.2 Å². The van der Waals surface area contributed by atoms with E-state index in [1.54, 1.807) is 10.8 Å². The number of aromatic nitrogens is 2. The maximum atomic E-state index is 13.5. The highest BCUT2D eigenvalue weighted by molar-refractivity contribution is 7.89. The van der Waals surface area contributed by atoms with Crippen molar-refractivity contribution < 1.29 is 34.4 Å². The van der Waals surface area contributed by atoms with Crippen molar-refractivity contribution in [2.45, 2.75) is 9.79 Å². The molecule has 0 atom stereocenters. The lowest BCUT2D eigenvalue weighted by Crippen LogP contribution is -2.48. The number of anilines is 2. The van der Waals surface area contributed by atoms with Gasteiger partial charge < -0.3 is 9.80 Å². The molecule has 0 amide bonds. The Kier molecular flexibility index (Phi) is 13.7. The molecule has 22 heteroatoms. The molecule has 6 aromatic rings. The van der Waals surface area contributed by atoms with E-state index in [2.05, 4.69) is 9.97 Å². The van der Waals surface area contributed by atoms with Crippen LogP contribution in [0.1, 0.15) is 0 Å². The van der Waals surface area contributed by atoms with Crippen molar-refractivity contribution in [3.63, 3.8) is 0 Å². The molecule has 316 valence electrons. The minimum atomic E-state index is -3.69. The van der Waals surface area contributed by atoms with Gasteiger partial charge in [-0.2, -0.15) is 8.61 Å². The summed E-state index contributed by atoms with van der Waals surface area (Å²) in [7, 11) is -7.38. The number of nitrogens with zero attached hydrogens (tertiary/aromatic N) is 6. The molecule has 2 aliphatic heterocycles. The Balaban J connectivity index is 0.000000181. The van der Waals surface area contributed by atoms with Gasteiger partial charge >= 0.3 is 0 Å². The molecule has 0 unspecified atom stereocenters. The van der Waals surface area contributed by atoms with Gasteiger partial charge in [-0.3, -0.25) is 0 Å². The standard InChI is InChI=1S/2C19H15Cl2F2N3O2S2/c20-14-3-2-13(10-15(14)21)30(27,28)26-7-5-25(6-8-26)19-24-18(11-29-19)12-1-4-16(22)17(23)9-12;20-16-2-1-15(10-17(16)21)30(27,28)26-5-3-25(4-6-26)19-24-18(11-29-19)12-7-13(22)9-14(23)8-12/h1-4,9-11H,5-8H2;1-2,7-11H,3-6H2. The van der Waals surface area contributed by atoms with Crippen LogP contribution in [0.4, 0.5) is 27.8 Å². The molecule has 2 fully saturated rings. The number of piperazine rings is 2. The van der Waals surface area contributed by atoms with Crippen molar-refractivity contribution in [3.05, 3.63) is 127 Å². The quantitative estimate of drug-likeness (QED) is 0.139. The Bertz CT molecular complexity index is 2750. The van der Waals surface area contributed by atoms with Crippen LogP contribution in [0.15, 0.2) is 93.3 Å². The summed E-state index contributed by atoms with van der Waals surface area (Å²) in [5.41, 5.74) is 1.85. The van der Waals surface area contributed by atoms with Gasteiger partial charge in [0.05, 0.1) is 41.3 Å². The van der Waals surface area contributed by atoms with Crippen LogP contribution >= 0.6 is 69.1 Å². The second kappa shape index (κ2) is 18.4. The van der Waals surface area contributed by atoms with E-state index in [1.807, 2.05) is 9.80 Å². The van der Waals surface area contributed by atoms with Crippen molar-refractivity contribution in [3.8, 4) is 22.5 Å². The highest BCUT2D eigenvalue weighted by atomic mass is 35.5. The van der Waals surface area contributed by atoms with Crippen LogP contribution < -0.4 is 9.80 Å². The van der Waals surface area contributed by atoms with Gasteiger partial charge in [-0.25, -0.2) is 44.4 Å². The molecule has 0 spiro atoms. The molecular formula is C38H30Cl4F4N6O4S4. The van der Waals surface area contributed by atoms with Gasteiger partial charge in [0.2, 0.25) is 20.0 Å². The second-order valence-electron chi connectivity index (χ2n) is 13.3. The molecule has 2 saturated heterocycles. The van der Waals surface area contributed by atoms with Crippen LogP contribution in [-0.4, -0.2) is 87.8 Å². The van der Waals surface area contributed by atoms with Gasteiger partial charge in [-0.1, -0.05) is 46.4 Å². The molecule has 0 saturated carbocycles. The number of halogens is 8. The SMILES string of the molecule is O=S(=O)(c1ccc(Cl)c(Cl)c1)N1CCN(c2nc(-c3cc(F)cc(F)c3)cs2)CC1.O=S(=O)(c1ccc(Cl)c(Cl)c1)N1CCN(c2nc(-c3ccc(F)c(F)c3)cs2)CC1. The fraction of sp³-hybridized carbons (Fsp3) is 0.211. The predicted molar refractivity (Wildman–Crippen MR) is 230 cm³/mol. The Hall–Kier alpha value is -3.56. The summed E-state index contributed by atoms with van der Waals surface area (Å²) < 4.78 is 108.